The summed E-state index contributed by atoms with van der Waals surface area (Å²) in [6, 6.07) is 63.1. The van der Waals surface area contributed by atoms with E-state index >= 15 is 0 Å². The Bertz CT molecular complexity index is 2870. The lowest BCUT2D eigenvalue weighted by atomic mass is 9.90. The molecule has 1 nitrogen and oxygen atoms in total. The summed E-state index contributed by atoms with van der Waals surface area (Å²) in [6.07, 6.45) is 0. The van der Waals surface area contributed by atoms with E-state index in [0.29, 0.717) is 0 Å². The Labute approximate surface area is 433 Å². The van der Waals surface area contributed by atoms with Crippen molar-refractivity contribution in [3.8, 4) is 66.8 Å². The van der Waals surface area contributed by atoms with Gasteiger partial charge in [0.25, 0.3) is 8.32 Å². The maximum absolute atomic E-state index is 8.57. The van der Waals surface area contributed by atoms with Crippen LogP contribution in [0.4, 0.5) is 0 Å². The predicted molar refractivity (Wildman–Crippen MR) is 318 cm³/mol. The fourth-order valence-electron chi connectivity index (χ4n) is 12.1. The molecule has 0 aromatic heterocycles. The average molecular weight is 974 g/mol. The molecule has 0 aliphatic carbocycles. The SMILES string of the molecule is Cc1cccc(C)c1-c1cc(-c2c(C)cccc2C)cc([Si](O[Si](C)(C)C)(c2cc(-c3c(C)cccc3C)cc(-c3c(C)cccc3C)c2)c2cc(-c3c(C)cccc3C)cc(-c3c(C)cccc3C)c2)c1. The summed E-state index contributed by atoms with van der Waals surface area (Å²) in [5.41, 5.74) is 30.2. The summed E-state index contributed by atoms with van der Waals surface area (Å²) >= 11 is 0. The molecular weight excluding hydrogens is 901 g/mol. The summed E-state index contributed by atoms with van der Waals surface area (Å²) < 4.78 is 8.57. The molecule has 0 bridgehead atoms. The van der Waals surface area contributed by atoms with E-state index in [0.717, 1.165) is 0 Å². The first-order chi connectivity index (χ1) is 34.2. The van der Waals surface area contributed by atoms with Gasteiger partial charge in [-0.3, -0.25) is 0 Å². The van der Waals surface area contributed by atoms with Gasteiger partial charge in [-0.15, -0.1) is 0 Å². The first-order valence-corrected chi connectivity index (χ1v) is 31.1. The van der Waals surface area contributed by atoms with Gasteiger partial charge in [0.2, 0.25) is 0 Å². The first-order valence-electron chi connectivity index (χ1n) is 25.8. The van der Waals surface area contributed by atoms with Crippen molar-refractivity contribution in [1.82, 2.24) is 0 Å². The van der Waals surface area contributed by atoms with E-state index in [1.54, 1.807) is 0 Å². The predicted octanol–water partition coefficient (Wildman–Crippen LogP) is 17.2. The molecule has 0 saturated heterocycles. The number of aryl methyl sites for hydroxylation is 12. The van der Waals surface area contributed by atoms with Crippen molar-refractivity contribution < 1.29 is 4.12 Å². The van der Waals surface area contributed by atoms with Gasteiger partial charge < -0.3 is 4.12 Å². The summed E-state index contributed by atoms with van der Waals surface area (Å²) in [7, 11) is -6.18. The molecule has 0 unspecified atom stereocenters. The molecule has 9 aromatic rings. The second kappa shape index (κ2) is 19.8. The minimum Gasteiger partial charge on any atom is -0.446 e. The molecule has 0 N–H and O–H groups in total. The van der Waals surface area contributed by atoms with Crippen LogP contribution in [0.15, 0.2) is 164 Å². The average Bonchev–Trinajstić information content (AvgIpc) is 3.30. The van der Waals surface area contributed by atoms with Gasteiger partial charge in [-0.05, 0) is 270 Å². The highest BCUT2D eigenvalue weighted by Gasteiger charge is 2.47. The highest BCUT2D eigenvalue weighted by atomic mass is 28.4. The lowest BCUT2D eigenvalue weighted by molar-refractivity contribution is 0.579. The third-order valence-electron chi connectivity index (χ3n) is 15.1. The standard InChI is InChI=1S/C69H72OSi2/c1-43-22-16-23-44(2)64(43)55-34-56(65-45(3)24-17-25-46(65)4)38-61(37-55)72(70-71(13,14)15,62-39-57(66-47(5)26-18-27-48(66)6)35-58(40-62)67-49(7)28-19-29-50(67)8)63-41-59(68-51(9)30-20-31-52(68)10)36-60(42-63)69-53(11)32-21-33-54(69)12/h16-42H,1-15H3. The third kappa shape index (κ3) is 9.47. The van der Waals surface area contributed by atoms with E-state index in [4.69, 9.17) is 4.12 Å². The quantitative estimate of drug-likeness (QED) is 0.0927. The molecule has 9 rings (SSSR count). The topological polar surface area (TPSA) is 9.23 Å². The van der Waals surface area contributed by atoms with Gasteiger partial charge in [-0.1, -0.05) is 146 Å². The van der Waals surface area contributed by atoms with Crippen LogP contribution in [-0.2, 0) is 4.12 Å². The van der Waals surface area contributed by atoms with Gasteiger partial charge in [0.15, 0.2) is 8.32 Å². The van der Waals surface area contributed by atoms with E-state index in [9.17, 15) is 0 Å². The van der Waals surface area contributed by atoms with Crippen molar-refractivity contribution in [1.29, 1.82) is 0 Å². The molecule has 0 amide bonds. The smallest absolute Gasteiger partial charge is 0.278 e. The van der Waals surface area contributed by atoms with Crippen molar-refractivity contribution >= 4 is 32.2 Å². The molecule has 0 radical (unpaired) electrons. The molecular formula is C69H72OSi2. The van der Waals surface area contributed by atoms with E-state index in [2.05, 4.69) is 267 Å². The fraction of sp³-hybridized carbons (Fsp3) is 0.217. The highest BCUT2D eigenvalue weighted by molar-refractivity contribution is 7.10. The second-order valence-corrected chi connectivity index (χ2v) is 30.0. The van der Waals surface area contributed by atoms with Crippen LogP contribution in [0.25, 0.3) is 66.8 Å². The minimum absolute atomic E-state index is 1.22. The Morgan fingerprint density at radius 2 is 0.389 bits per heavy atom. The van der Waals surface area contributed by atoms with Crippen LogP contribution in [0.5, 0.6) is 0 Å². The molecule has 72 heavy (non-hydrogen) atoms. The molecule has 0 fully saturated rings. The fourth-order valence-corrected chi connectivity index (χ4v) is 20.4. The molecule has 0 atom stereocenters. The Morgan fingerprint density at radius 3 is 0.528 bits per heavy atom. The van der Waals surface area contributed by atoms with Gasteiger partial charge >= 0.3 is 0 Å². The van der Waals surface area contributed by atoms with Crippen molar-refractivity contribution in [2.45, 2.75) is 103 Å². The maximum atomic E-state index is 8.57. The molecule has 0 aliphatic rings. The summed E-state index contributed by atoms with van der Waals surface area (Å²) in [4.78, 5) is 0. The monoisotopic (exact) mass is 973 g/mol. The molecule has 0 heterocycles. The summed E-state index contributed by atoms with van der Waals surface area (Å²) in [5, 5.41) is 3.75. The largest absolute Gasteiger partial charge is 0.446 e. The van der Waals surface area contributed by atoms with Crippen LogP contribution in [-0.4, -0.2) is 16.6 Å². The van der Waals surface area contributed by atoms with Crippen molar-refractivity contribution in [3.63, 3.8) is 0 Å². The molecule has 0 spiro atoms. The van der Waals surface area contributed by atoms with Gasteiger partial charge in [0.1, 0.15) is 0 Å². The van der Waals surface area contributed by atoms with Gasteiger partial charge in [0, 0.05) is 0 Å². The second-order valence-electron chi connectivity index (χ2n) is 21.9. The van der Waals surface area contributed by atoms with Gasteiger partial charge in [-0.25, -0.2) is 0 Å². The zero-order valence-corrected chi connectivity index (χ0v) is 47.5. The van der Waals surface area contributed by atoms with Crippen molar-refractivity contribution in [2.24, 2.45) is 0 Å². The van der Waals surface area contributed by atoms with Crippen LogP contribution in [0.1, 0.15) is 66.8 Å². The molecule has 9 aromatic carbocycles. The Hall–Kier alpha value is -6.63. The van der Waals surface area contributed by atoms with Crippen LogP contribution in [0.3, 0.4) is 0 Å². The van der Waals surface area contributed by atoms with Crippen LogP contribution < -0.4 is 15.6 Å². The molecule has 0 aliphatic heterocycles. The zero-order valence-electron chi connectivity index (χ0n) is 45.5. The van der Waals surface area contributed by atoms with E-state index in [-0.39, 0.29) is 0 Å². The summed E-state index contributed by atoms with van der Waals surface area (Å²) in [5.74, 6) is 0. The third-order valence-corrected chi connectivity index (χ3v) is 22.1. The number of hydrogen-bond acceptors (Lipinski definition) is 1. The number of hydrogen-bond donors (Lipinski definition) is 0. The molecule has 3 heteroatoms. The Morgan fingerprint density at radius 1 is 0.236 bits per heavy atom. The van der Waals surface area contributed by atoms with Crippen molar-refractivity contribution in [2.75, 3.05) is 0 Å². The van der Waals surface area contributed by atoms with Crippen LogP contribution in [0.2, 0.25) is 19.6 Å². The maximum Gasteiger partial charge on any atom is 0.278 e. The van der Waals surface area contributed by atoms with E-state index in [1.807, 2.05) is 0 Å². The first kappa shape index (κ1) is 50.3. The van der Waals surface area contributed by atoms with Gasteiger partial charge in [0.05, 0.1) is 0 Å². The van der Waals surface area contributed by atoms with E-state index < -0.39 is 16.6 Å². The van der Waals surface area contributed by atoms with Crippen molar-refractivity contribution in [3.05, 3.63) is 231 Å². The minimum atomic E-state index is -3.69. The number of rotatable bonds is 11. The highest BCUT2D eigenvalue weighted by Crippen LogP contribution is 2.39. The zero-order chi connectivity index (χ0) is 51.4. The lowest BCUT2D eigenvalue weighted by Gasteiger charge is -2.40. The Kier molecular flexibility index (Phi) is 13.8. The molecule has 0 saturated carbocycles. The number of benzene rings is 9. The van der Waals surface area contributed by atoms with Gasteiger partial charge in [-0.2, -0.15) is 0 Å². The molecule has 362 valence electrons. The summed E-state index contributed by atoms with van der Waals surface area (Å²) in [6.45, 7) is 34.5. The van der Waals surface area contributed by atoms with Crippen LogP contribution >= 0.6 is 0 Å². The lowest BCUT2D eigenvalue weighted by Crippen LogP contribution is -2.72. The van der Waals surface area contributed by atoms with E-state index in [1.165, 1.54) is 149 Å². The Balaban J connectivity index is 1.57. The normalized spacial score (nSPS) is 11.9. The van der Waals surface area contributed by atoms with Crippen LogP contribution in [0, 0.1) is 83.1 Å².